The molecule has 6 heteroatoms. The zero-order chi connectivity index (χ0) is 40.5. The summed E-state index contributed by atoms with van der Waals surface area (Å²) in [7, 11) is 0. The van der Waals surface area contributed by atoms with Crippen LogP contribution in [0.15, 0.2) is 218 Å². The number of carbonyl (C=O) groups is 3. The van der Waals surface area contributed by atoms with Crippen molar-refractivity contribution in [1.29, 1.82) is 0 Å². The molecule has 0 aliphatic heterocycles. The van der Waals surface area contributed by atoms with Crippen LogP contribution >= 0.6 is 0 Å². The van der Waals surface area contributed by atoms with Crippen LogP contribution in [0.3, 0.4) is 0 Å². The standard InChI is InChI=1S/3C17H13O.3Pd/c3*18-17(13-11-15-7-3-1-4-8-15)14-12-16-9-5-2-6-10-16;;;/h3*1-11,13-14H;;;/b3*13-11+,14-12?;;;. The summed E-state index contributed by atoms with van der Waals surface area (Å²) in [6.45, 7) is 0. The van der Waals surface area contributed by atoms with Gasteiger partial charge in [-0.1, -0.05) is 0 Å². The number of rotatable bonds is 12. The molecule has 0 spiro atoms. The minimum absolute atomic E-state index is 0.0327. The first kappa shape index (κ1) is 44.5. The van der Waals surface area contributed by atoms with E-state index < -0.39 is 0 Å². The molecule has 0 aliphatic rings. The average molecular weight is 1020 g/mol. The molecular weight excluding hydrogens is 980 g/mol. The van der Waals surface area contributed by atoms with Gasteiger partial charge in [0, 0.05) is 0 Å². The number of carbonyl (C=O) groups excluding carboxylic acids is 3. The molecule has 0 radical (unpaired) electrons. The van der Waals surface area contributed by atoms with Crippen LogP contribution in [0.1, 0.15) is 33.4 Å². The third kappa shape index (κ3) is 18.1. The Bertz CT molecular complexity index is 2060. The number of hydrogen-bond acceptors (Lipinski definition) is 3. The van der Waals surface area contributed by atoms with Crippen molar-refractivity contribution in [3.63, 3.8) is 0 Å². The molecule has 0 saturated heterocycles. The van der Waals surface area contributed by atoms with Crippen molar-refractivity contribution in [2.24, 2.45) is 0 Å². The predicted octanol–water partition coefficient (Wildman–Crippen LogP) is 11.6. The van der Waals surface area contributed by atoms with Crippen LogP contribution in [0.25, 0.3) is 30.4 Å². The van der Waals surface area contributed by atoms with E-state index in [-0.39, 0.29) is 17.3 Å². The number of allylic oxidation sites excluding steroid dienone is 6. The van der Waals surface area contributed by atoms with Crippen molar-refractivity contribution < 1.29 is 72.0 Å². The third-order valence-corrected chi connectivity index (χ3v) is 9.61. The molecule has 0 N–H and O–H groups in total. The molecule has 0 aromatic heterocycles. The van der Waals surface area contributed by atoms with Gasteiger partial charge in [0.2, 0.25) is 0 Å². The van der Waals surface area contributed by atoms with E-state index in [1.165, 1.54) is 0 Å². The molecule has 0 heterocycles. The number of benzene rings is 6. The molecule has 0 saturated carbocycles. The molecule has 0 amide bonds. The zero-order valence-corrected chi connectivity index (χ0v) is 35.4. The summed E-state index contributed by atoms with van der Waals surface area (Å²) in [5.74, 6) is -0.0980. The van der Waals surface area contributed by atoms with Gasteiger partial charge in [-0.15, -0.1) is 0 Å². The van der Waals surface area contributed by atoms with Crippen molar-refractivity contribution in [3.8, 4) is 0 Å². The van der Waals surface area contributed by atoms with Crippen LogP contribution in [0, 0.1) is 0 Å². The molecular formula is C51H39O3Pd3. The third-order valence-electron chi connectivity index (χ3n) is 7.59. The van der Waals surface area contributed by atoms with Gasteiger partial charge in [0.05, 0.1) is 0 Å². The van der Waals surface area contributed by atoms with Gasteiger partial charge in [0.25, 0.3) is 0 Å². The van der Waals surface area contributed by atoms with Gasteiger partial charge in [-0.25, -0.2) is 0 Å². The first-order chi connectivity index (χ1) is 27.8. The van der Waals surface area contributed by atoms with E-state index in [0.29, 0.717) is 0 Å². The summed E-state index contributed by atoms with van der Waals surface area (Å²) < 4.78 is 2.48. The molecule has 0 fully saturated rings. The molecule has 6 aromatic carbocycles. The molecule has 0 aliphatic carbocycles. The SMILES string of the molecule is O=C(/C=C/c1ccccc1)/C=[C](/[Pd])c1ccccc1.O=C(/C=C/c1ccccc1)/C=[C](/[Pd])c1ccccc1.O=C(/C=C/c1ccccc1)/C=[C](/[Pd])c1ccccc1. The maximum atomic E-state index is 11.8. The summed E-state index contributed by atoms with van der Waals surface area (Å²) in [6, 6.07) is 58.6. The van der Waals surface area contributed by atoms with Crippen molar-refractivity contribution >= 4 is 47.7 Å². The van der Waals surface area contributed by atoms with Gasteiger partial charge < -0.3 is 0 Å². The Kier molecular flexibility index (Phi) is 20.1. The Balaban J connectivity index is 0.000000189. The second kappa shape index (κ2) is 25.8. The molecule has 57 heavy (non-hydrogen) atoms. The van der Waals surface area contributed by atoms with E-state index in [9.17, 15) is 14.4 Å². The fourth-order valence-corrected chi connectivity index (χ4v) is 6.17. The molecule has 0 bridgehead atoms. The zero-order valence-electron chi connectivity index (χ0n) is 30.7. The molecule has 6 aromatic rings. The van der Waals surface area contributed by atoms with Crippen molar-refractivity contribution in [1.82, 2.24) is 0 Å². The quantitative estimate of drug-likeness (QED) is 0.0907. The summed E-state index contributed by atoms with van der Waals surface area (Å²) in [5, 5.41) is 0. The second-order valence-corrected chi connectivity index (χ2v) is 14.4. The Labute approximate surface area is 368 Å². The van der Waals surface area contributed by atoms with Crippen molar-refractivity contribution in [2.75, 3.05) is 0 Å². The van der Waals surface area contributed by atoms with Crippen molar-refractivity contribution in [2.45, 2.75) is 0 Å². The van der Waals surface area contributed by atoms with Crippen LogP contribution in [0.4, 0.5) is 0 Å². The first-order valence-corrected chi connectivity index (χ1v) is 20.1. The Morgan fingerprint density at radius 3 is 0.702 bits per heavy atom. The topological polar surface area (TPSA) is 51.2 Å². The van der Waals surface area contributed by atoms with Crippen LogP contribution in [0.5, 0.6) is 0 Å². The van der Waals surface area contributed by atoms with Gasteiger partial charge in [0.1, 0.15) is 0 Å². The molecule has 3 nitrogen and oxygen atoms in total. The van der Waals surface area contributed by atoms with Gasteiger partial charge in [-0.2, -0.15) is 0 Å². The Morgan fingerprint density at radius 2 is 0.491 bits per heavy atom. The molecule has 291 valence electrons. The van der Waals surface area contributed by atoms with Crippen LogP contribution in [-0.4, -0.2) is 17.3 Å². The van der Waals surface area contributed by atoms with Crippen molar-refractivity contribution in [3.05, 3.63) is 252 Å². The summed E-state index contributed by atoms with van der Waals surface area (Å²) in [5.41, 5.74) is 6.07. The van der Waals surface area contributed by atoms with E-state index in [1.807, 2.05) is 200 Å². The van der Waals surface area contributed by atoms with Gasteiger partial charge in [0.15, 0.2) is 0 Å². The van der Waals surface area contributed by atoms with E-state index >= 15 is 0 Å². The van der Waals surface area contributed by atoms with Crippen LogP contribution < -0.4 is 0 Å². The van der Waals surface area contributed by atoms with E-state index in [2.05, 4.69) is 57.6 Å². The molecule has 0 atom stereocenters. The van der Waals surface area contributed by atoms with Crippen LogP contribution in [0.2, 0.25) is 0 Å². The van der Waals surface area contributed by atoms with Gasteiger partial charge >= 0.3 is 372 Å². The Hall–Kier alpha value is -5.24. The first-order valence-electron chi connectivity index (χ1n) is 17.8. The van der Waals surface area contributed by atoms with Gasteiger partial charge in [-0.3, -0.25) is 0 Å². The minimum atomic E-state index is -0.0327. The molecule has 6 rings (SSSR count). The fraction of sp³-hybridized carbons (Fsp3) is 0. The fourth-order valence-electron chi connectivity index (χ4n) is 4.73. The van der Waals surface area contributed by atoms with E-state index in [1.54, 1.807) is 36.5 Å². The van der Waals surface area contributed by atoms with Gasteiger partial charge in [-0.05, 0) is 0 Å². The average Bonchev–Trinajstić information content (AvgIpc) is 3.26. The summed E-state index contributed by atoms with van der Waals surface area (Å²) >= 11 is 9.37. The van der Waals surface area contributed by atoms with E-state index in [0.717, 1.165) is 45.5 Å². The summed E-state index contributed by atoms with van der Waals surface area (Å²) in [6.07, 6.45) is 15.0. The monoisotopic (exact) mass is 1020 g/mol. The summed E-state index contributed by atoms with van der Waals surface area (Å²) in [4.78, 5) is 35.4. The number of hydrogen-bond donors (Lipinski definition) is 0. The second-order valence-electron chi connectivity index (χ2n) is 11.9. The predicted molar refractivity (Wildman–Crippen MR) is 225 cm³/mol. The normalized spacial score (nSPS) is 11.8. The number of ketones is 3. The van der Waals surface area contributed by atoms with E-state index in [4.69, 9.17) is 0 Å². The Morgan fingerprint density at radius 1 is 0.298 bits per heavy atom. The maximum absolute atomic E-state index is 11.8. The van der Waals surface area contributed by atoms with Crippen LogP contribution in [-0.2, 0) is 72.0 Å². The molecule has 0 unspecified atom stereocenters.